The number of benzene rings is 1. The highest BCUT2D eigenvalue weighted by Gasteiger charge is 2.01. The van der Waals surface area contributed by atoms with Gasteiger partial charge in [0.05, 0.1) is 0 Å². The van der Waals surface area contributed by atoms with Crippen LogP contribution in [0.15, 0.2) is 41.0 Å². The van der Waals surface area contributed by atoms with Crippen LogP contribution in [0.1, 0.15) is 5.56 Å². The standard InChI is InChI=1S/C12H10BrClN2/c1-8-5-6-9(14)7-10(8)15-12-4-2-3-11(13)16-12/h2-7H,1H3,(H,15,16). The normalized spacial score (nSPS) is 10.2. The van der Waals surface area contributed by atoms with Gasteiger partial charge >= 0.3 is 0 Å². The van der Waals surface area contributed by atoms with E-state index in [9.17, 15) is 0 Å². The van der Waals surface area contributed by atoms with Crippen molar-refractivity contribution >= 4 is 39.0 Å². The summed E-state index contributed by atoms with van der Waals surface area (Å²) in [6.07, 6.45) is 0. The average Bonchev–Trinajstić information content (AvgIpc) is 2.24. The van der Waals surface area contributed by atoms with E-state index in [-0.39, 0.29) is 0 Å². The molecule has 2 aromatic rings. The Morgan fingerprint density at radius 3 is 2.81 bits per heavy atom. The monoisotopic (exact) mass is 296 g/mol. The topological polar surface area (TPSA) is 24.9 Å². The number of anilines is 2. The van der Waals surface area contributed by atoms with Gasteiger partial charge in [0.15, 0.2) is 0 Å². The molecule has 1 N–H and O–H groups in total. The molecular weight excluding hydrogens is 288 g/mol. The highest BCUT2D eigenvalue weighted by molar-refractivity contribution is 9.10. The summed E-state index contributed by atoms with van der Waals surface area (Å²) in [5.74, 6) is 0.791. The van der Waals surface area contributed by atoms with E-state index in [1.807, 2.05) is 43.3 Å². The minimum atomic E-state index is 0.711. The van der Waals surface area contributed by atoms with Crippen molar-refractivity contribution in [3.8, 4) is 0 Å². The lowest BCUT2D eigenvalue weighted by Crippen LogP contribution is -1.95. The largest absolute Gasteiger partial charge is 0.340 e. The first kappa shape index (κ1) is 11.4. The molecule has 16 heavy (non-hydrogen) atoms. The third kappa shape index (κ3) is 2.74. The second-order valence-electron chi connectivity index (χ2n) is 3.43. The van der Waals surface area contributed by atoms with Crippen molar-refractivity contribution in [1.82, 2.24) is 4.98 Å². The molecule has 0 aliphatic heterocycles. The van der Waals surface area contributed by atoms with Crippen LogP contribution in [0.2, 0.25) is 5.02 Å². The van der Waals surface area contributed by atoms with E-state index in [4.69, 9.17) is 11.6 Å². The van der Waals surface area contributed by atoms with Crippen LogP contribution in [-0.4, -0.2) is 4.98 Å². The van der Waals surface area contributed by atoms with E-state index in [0.29, 0.717) is 5.02 Å². The number of hydrogen-bond donors (Lipinski definition) is 1. The van der Waals surface area contributed by atoms with E-state index >= 15 is 0 Å². The fourth-order valence-electron chi connectivity index (χ4n) is 1.34. The Bertz CT molecular complexity index is 514. The zero-order chi connectivity index (χ0) is 11.5. The van der Waals surface area contributed by atoms with Crippen molar-refractivity contribution in [1.29, 1.82) is 0 Å². The molecule has 0 aliphatic carbocycles. The summed E-state index contributed by atoms with van der Waals surface area (Å²) >= 11 is 9.28. The second kappa shape index (κ2) is 4.85. The Hall–Kier alpha value is -1.06. The molecule has 0 aliphatic rings. The minimum Gasteiger partial charge on any atom is -0.340 e. The number of aromatic nitrogens is 1. The van der Waals surface area contributed by atoms with Crippen LogP contribution < -0.4 is 5.32 Å². The van der Waals surface area contributed by atoms with E-state index < -0.39 is 0 Å². The van der Waals surface area contributed by atoms with Gasteiger partial charge in [-0.1, -0.05) is 23.7 Å². The Balaban J connectivity index is 2.30. The first-order valence-electron chi connectivity index (χ1n) is 4.81. The van der Waals surface area contributed by atoms with Crippen molar-refractivity contribution < 1.29 is 0 Å². The molecule has 4 heteroatoms. The van der Waals surface area contributed by atoms with Gasteiger partial charge in [-0.05, 0) is 52.7 Å². The van der Waals surface area contributed by atoms with Gasteiger partial charge in [0.2, 0.25) is 0 Å². The van der Waals surface area contributed by atoms with Gasteiger partial charge in [-0.3, -0.25) is 0 Å². The van der Waals surface area contributed by atoms with Crippen molar-refractivity contribution in [2.75, 3.05) is 5.32 Å². The lowest BCUT2D eigenvalue weighted by atomic mass is 10.2. The van der Waals surface area contributed by atoms with Gasteiger partial charge in [-0.2, -0.15) is 0 Å². The van der Waals surface area contributed by atoms with Gasteiger partial charge in [0.25, 0.3) is 0 Å². The molecule has 1 heterocycles. The lowest BCUT2D eigenvalue weighted by Gasteiger charge is -2.09. The summed E-state index contributed by atoms with van der Waals surface area (Å²) in [5.41, 5.74) is 2.10. The molecule has 0 amide bonds. The fraction of sp³-hybridized carbons (Fsp3) is 0.0833. The maximum atomic E-state index is 5.94. The predicted molar refractivity (Wildman–Crippen MR) is 71.4 cm³/mol. The van der Waals surface area contributed by atoms with Crippen molar-refractivity contribution in [3.63, 3.8) is 0 Å². The molecule has 0 saturated heterocycles. The van der Waals surface area contributed by atoms with Gasteiger partial charge in [-0.15, -0.1) is 0 Å². The number of aryl methyl sites for hydroxylation is 1. The third-order valence-electron chi connectivity index (χ3n) is 2.18. The maximum Gasteiger partial charge on any atom is 0.131 e. The van der Waals surface area contributed by atoms with Crippen LogP contribution in [0, 0.1) is 6.92 Å². The van der Waals surface area contributed by atoms with Gasteiger partial charge in [0.1, 0.15) is 10.4 Å². The zero-order valence-corrected chi connectivity index (χ0v) is 11.0. The Kier molecular flexibility index (Phi) is 3.46. The van der Waals surface area contributed by atoms with Crippen LogP contribution >= 0.6 is 27.5 Å². The SMILES string of the molecule is Cc1ccc(Cl)cc1Nc1cccc(Br)n1. The summed E-state index contributed by atoms with van der Waals surface area (Å²) in [5, 5.41) is 3.94. The highest BCUT2D eigenvalue weighted by atomic mass is 79.9. The molecule has 0 bridgehead atoms. The molecule has 0 fully saturated rings. The summed E-state index contributed by atoms with van der Waals surface area (Å²) < 4.78 is 0.803. The molecule has 1 aromatic heterocycles. The Labute approximate surface area is 108 Å². The zero-order valence-electron chi connectivity index (χ0n) is 8.67. The molecule has 1 aromatic carbocycles. The van der Waals surface area contributed by atoms with Crippen LogP contribution in [-0.2, 0) is 0 Å². The van der Waals surface area contributed by atoms with Crippen molar-refractivity contribution in [3.05, 3.63) is 51.6 Å². The van der Waals surface area contributed by atoms with E-state index in [1.54, 1.807) is 0 Å². The Morgan fingerprint density at radius 2 is 2.06 bits per heavy atom. The second-order valence-corrected chi connectivity index (χ2v) is 4.68. The molecule has 2 nitrogen and oxygen atoms in total. The van der Waals surface area contributed by atoms with Gasteiger partial charge in [0, 0.05) is 10.7 Å². The molecule has 0 spiro atoms. The molecule has 0 radical (unpaired) electrons. The molecule has 0 atom stereocenters. The number of halogens is 2. The third-order valence-corrected chi connectivity index (χ3v) is 2.85. The number of nitrogens with one attached hydrogen (secondary N) is 1. The summed E-state index contributed by atoms with van der Waals surface area (Å²) in [7, 11) is 0. The first-order chi connectivity index (χ1) is 7.65. The summed E-state index contributed by atoms with van der Waals surface area (Å²) in [6.45, 7) is 2.02. The number of pyridine rings is 1. The minimum absolute atomic E-state index is 0.711. The number of hydrogen-bond acceptors (Lipinski definition) is 2. The van der Waals surface area contributed by atoms with Crippen molar-refractivity contribution in [2.45, 2.75) is 6.92 Å². The molecular formula is C12H10BrClN2. The van der Waals surface area contributed by atoms with Crippen LogP contribution in [0.4, 0.5) is 11.5 Å². The van der Waals surface area contributed by atoms with E-state index in [0.717, 1.165) is 21.7 Å². The molecule has 0 unspecified atom stereocenters. The van der Waals surface area contributed by atoms with Crippen LogP contribution in [0.25, 0.3) is 0 Å². The Morgan fingerprint density at radius 1 is 1.25 bits per heavy atom. The van der Waals surface area contributed by atoms with Gasteiger partial charge in [-0.25, -0.2) is 4.98 Å². The first-order valence-corrected chi connectivity index (χ1v) is 5.98. The van der Waals surface area contributed by atoms with Crippen molar-refractivity contribution in [2.24, 2.45) is 0 Å². The molecule has 2 rings (SSSR count). The highest BCUT2D eigenvalue weighted by Crippen LogP contribution is 2.23. The van der Waals surface area contributed by atoms with Gasteiger partial charge < -0.3 is 5.32 Å². The smallest absolute Gasteiger partial charge is 0.131 e. The lowest BCUT2D eigenvalue weighted by molar-refractivity contribution is 1.26. The summed E-state index contributed by atoms with van der Waals surface area (Å²) in [6, 6.07) is 11.5. The van der Waals surface area contributed by atoms with Crippen LogP contribution in [0.3, 0.4) is 0 Å². The predicted octanol–water partition coefficient (Wildman–Crippen LogP) is 4.55. The summed E-state index contributed by atoms with van der Waals surface area (Å²) in [4.78, 5) is 4.30. The fourth-order valence-corrected chi connectivity index (χ4v) is 1.86. The van der Waals surface area contributed by atoms with E-state index in [1.165, 1.54) is 0 Å². The molecule has 82 valence electrons. The number of nitrogens with zero attached hydrogens (tertiary/aromatic N) is 1. The maximum absolute atomic E-state index is 5.94. The number of rotatable bonds is 2. The quantitative estimate of drug-likeness (QED) is 0.823. The van der Waals surface area contributed by atoms with Crippen LogP contribution in [0.5, 0.6) is 0 Å². The average molecular weight is 298 g/mol. The van der Waals surface area contributed by atoms with E-state index in [2.05, 4.69) is 26.2 Å². The molecule has 0 saturated carbocycles.